The van der Waals surface area contributed by atoms with Gasteiger partial charge in [0.2, 0.25) is 0 Å². The van der Waals surface area contributed by atoms with Crippen molar-refractivity contribution in [2.45, 2.75) is 30.8 Å². The molecule has 0 rings (SSSR count). The first-order chi connectivity index (χ1) is 8.76. The first-order valence-electron chi connectivity index (χ1n) is 4.94. The zero-order chi connectivity index (χ0) is 16.4. The molecule has 1 nitrogen and oxygen atoms in total. The molecule has 118 valence electrons. The number of hydrogen-bond donors (Lipinski definition) is 1. The van der Waals surface area contributed by atoms with Crippen molar-refractivity contribution in [1.29, 1.82) is 0 Å². The summed E-state index contributed by atoms with van der Waals surface area (Å²) in [5.74, 6) is -4.15. The van der Waals surface area contributed by atoms with Gasteiger partial charge in [0.25, 0.3) is 5.60 Å². The Hall–Kier alpha value is -1.19. The fraction of sp³-hybridized carbons (Fsp3) is 0.600. The second-order valence-electron chi connectivity index (χ2n) is 3.93. The van der Waals surface area contributed by atoms with E-state index in [0.717, 1.165) is 0 Å². The summed E-state index contributed by atoms with van der Waals surface area (Å²) >= 11 is 0. The minimum absolute atomic E-state index is 0.435. The fourth-order valence-corrected chi connectivity index (χ4v) is 1.32. The Morgan fingerprint density at radius 3 is 1.65 bits per heavy atom. The maximum absolute atomic E-state index is 12.6. The Labute approximate surface area is 107 Å². The molecular weight excluding hydrogens is 307 g/mol. The molecule has 20 heavy (non-hydrogen) atoms. The number of allylic oxidation sites excluding steroid dienone is 2. The minimum Gasteiger partial charge on any atom is -0.374 e. The van der Waals surface area contributed by atoms with Gasteiger partial charge in [0.05, 0.1) is 0 Å². The molecule has 0 bridgehead atoms. The van der Waals surface area contributed by atoms with Gasteiger partial charge in [0.15, 0.2) is 5.83 Å². The highest BCUT2D eigenvalue weighted by Gasteiger charge is 2.70. The second-order valence-corrected chi connectivity index (χ2v) is 3.93. The second kappa shape index (κ2) is 6.06. The molecule has 0 aromatic carbocycles. The molecule has 0 saturated carbocycles. The predicted octanol–water partition coefficient (Wildman–Crippen LogP) is 4.50. The molecule has 0 heterocycles. The molecule has 0 aromatic heterocycles. The quantitative estimate of drug-likeness (QED) is 0.585. The van der Waals surface area contributed by atoms with E-state index in [4.69, 9.17) is 5.11 Å². The van der Waals surface area contributed by atoms with Crippen molar-refractivity contribution in [2.75, 3.05) is 0 Å². The smallest absolute Gasteiger partial charge is 0.374 e. The van der Waals surface area contributed by atoms with Crippen LogP contribution in [0.4, 0.5) is 39.5 Å². The predicted molar refractivity (Wildman–Crippen MR) is 50.3 cm³/mol. The monoisotopic (exact) mass is 316 g/mol. The van der Waals surface area contributed by atoms with E-state index >= 15 is 0 Å². The Balaban J connectivity index is 5.37. The third-order valence-electron chi connectivity index (χ3n) is 2.48. The van der Waals surface area contributed by atoms with E-state index in [1.54, 1.807) is 0 Å². The van der Waals surface area contributed by atoms with Crippen LogP contribution in [0.3, 0.4) is 0 Å². The third-order valence-corrected chi connectivity index (χ3v) is 2.48. The Bertz CT molecular complexity index is 361. The van der Waals surface area contributed by atoms with E-state index in [1.807, 2.05) is 0 Å². The van der Waals surface area contributed by atoms with E-state index in [1.165, 1.54) is 0 Å². The molecular formula is C10H9F9O. The average molecular weight is 316 g/mol. The summed E-state index contributed by atoms with van der Waals surface area (Å²) in [6.45, 7) is 2.84. The van der Waals surface area contributed by atoms with Gasteiger partial charge in [-0.15, -0.1) is 6.58 Å². The van der Waals surface area contributed by atoms with Gasteiger partial charge in [-0.1, -0.05) is 6.08 Å². The summed E-state index contributed by atoms with van der Waals surface area (Å²) < 4.78 is 110. The lowest BCUT2D eigenvalue weighted by atomic mass is 9.87. The normalized spacial score (nSPS) is 14.9. The molecule has 1 N–H and O–H groups in total. The van der Waals surface area contributed by atoms with Crippen LogP contribution >= 0.6 is 0 Å². The van der Waals surface area contributed by atoms with Crippen LogP contribution in [0.25, 0.3) is 0 Å². The van der Waals surface area contributed by atoms with Gasteiger partial charge < -0.3 is 5.11 Å². The largest absolute Gasteiger partial charge is 0.426 e. The van der Waals surface area contributed by atoms with Gasteiger partial charge in [-0.3, -0.25) is 0 Å². The topological polar surface area (TPSA) is 20.2 Å². The number of halogens is 9. The summed E-state index contributed by atoms with van der Waals surface area (Å²) in [7, 11) is 0. The molecule has 0 aliphatic rings. The van der Waals surface area contributed by atoms with Crippen molar-refractivity contribution in [3.8, 4) is 0 Å². The van der Waals surface area contributed by atoms with E-state index in [0.29, 0.717) is 6.08 Å². The molecule has 0 aromatic rings. The zero-order valence-electron chi connectivity index (χ0n) is 9.62. The summed E-state index contributed by atoms with van der Waals surface area (Å²) in [5, 5.41) is 8.81. The number of hydrogen-bond acceptors (Lipinski definition) is 1. The maximum Gasteiger partial charge on any atom is 0.426 e. The molecule has 1 unspecified atom stereocenters. The molecule has 0 amide bonds. The Morgan fingerprint density at radius 1 is 1.00 bits per heavy atom. The van der Waals surface area contributed by atoms with Crippen LogP contribution in [0.2, 0.25) is 0 Å². The van der Waals surface area contributed by atoms with Crippen molar-refractivity contribution in [3.05, 3.63) is 24.6 Å². The summed E-state index contributed by atoms with van der Waals surface area (Å²) in [4.78, 5) is 0. The van der Waals surface area contributed by atoms with Crippen molar-refractivity contribution < 1.29 is 44.6 Å². The highest BCUT2D eigenvalue weighted by atomic mass is 19.4. The standard InChI is InChI=1S/C10H9F9O/c1-2-5(3-6(11)7(12)13)4-8(20,9(14,15)16)10(17,18)19/h2,5,20H,1,3-4H2. The minimum atomic E-state index is -6.10. The van der Waals surface area contributed by atoms with E-state index in [9.17, 15) is 39.5 Å². The molecule has 0 saturated heterocycles. The van der Waals surface area contributed by atoms with Gasteiger partial charge in [-0.25, -0.2) is 4.39 Å². The van der Waals surface area contributed by atoms with Gasteiger partial charge in [-0.2, -0.15) is 35.1 Å². The van der Waals surface area contributed by atoms with Gasteiger partial charge in [0, 0.05) is 12.8 Å². The van der Waals surface area contributed by atoms with Gasteiger partial charge in [0.1, 0.15) is 0 Å². The van der Waals surface area contributed by atoms with Crippen LogP contribution < -0.4 is 0 Å². The summed E-state index contributed by atoms with van der Waals surface area (Å²) in [6.07, 6.45) is -18.1. The summed E-state index contributed by atoms with van der Waals surface area (Å²) in [6, 6.07) is 0. The van der Waals surface area contributed by atoms with Crippen LogP contribution in [-0.4, -0.2) is 23.1 Å². The average Bonchev–Trinajstić information content (AvgIpc) is 2.24. The fourth-order valence-electron chi connectivity index (χ4n) is 1.32. The molecule has 0 aliphatic heterocycles. The first kappa shape index (κ1) is 18.8. The lowest BCUT2D eigenvalue weighted by molar-refractivity contribution is -0.371. The molecule has 0 spiro atoms. The lowest BCUT2D eigenvalue weighted by Crippen LogP contribution is -2.57. The SMILES string of the molecule is C=CC(CC(F)=C(F)F)CC(O)(C(F)(F)F)C(F)(F)F. The van der Waals surface area contributed by atoms with Crippen LogP contribution in [-0.2, 0) is 0 Å². The van der Waals surface area contributed by atoms with Crippen LogP contribution in [0.1, 0.15) is 12.8 Å². The molecule has 10 heteroatoms. The number of alkyl halides is 6. The van der Waals surface area contributed by atoms with Crippen LogP contribution in [0.15, 0.2) is 24.6 Å². The van der Waals surface area contributed by atoms with Crippen LogP contribution in [0.5, 0.6) is 0 Å². The summed E-state index contributed by atoms with van der Waals surface area (Å²) in [5.41, 5.74) is -5.13. The van der Waals surface area contributed by atoms with E-state index in [2.05, 4.69) is 6.58 Å². The van der Waals surface area contributed by atoms with E-state index in [-0.39, 0.29) is 0 Å². The lowest BCUT2D eigenvalue weighted by Gasteiger charge is -2.34. The Morgan fingerprint density at radius 2 is 1.40 bits per heavy atom. The van der Waals surface area contributed by atoms with Crippen molar-refractivity contribution in [3.63, 3.8) is 0 Å². The first-order valence-corrected chi connectivity index (χ1v) is 4.94. The molecule has 0 aliphatic carbocycles. The highest BCUT2D eigenvalue weighted by Crippen LogP contribution is 2.47. The molecule has 1 atom stereocenters. The molecule has 0 fully saturated rings. The number of aliphatic hydroxyl groups is 1. The molecule has 0 radical (unpaired) electrons. The van der Waals surface area contributed by atoms with E-state index < -0.39 is 48.6 Å². The van der Waals surface area contributed by atoms with Crippen molar-refractivity contribution in [1.82, 2.24) is 0 Å². The highest BCUT2D eigenvalue weighted by molar-refractivity contribution is 5.03. The zero-order valence-corrected chi connectivity index (χ0v) is 9.62. The number of rotatable bonds is 5. The maximum atomic E-state index is 12.6. The Kier molecular flexibility index (Phi) is 5.70. The van der Waals surface area contributed by atoms with Gasteiger partial charge >= 0.3 is 18.4 Å². The van der Waals surface area contributed by atoms with Gasteiger partial charge in [-0.05, 0) is 5.92 Å². The van der Waals surface area contributed by atoms with Crippen LogP contribution in [0, 0.1) is 5.92 Å². The third kappa shape index (κ3) is 4.15. The van der Waals surface area contributed by atoms with Crippen molar-refractivity contribution in [2.24, 2.45) is 5.92 Å². The van der Waals surface area contributed by atoms with Crippen molar-refractivity contribution >= 4 is 0 Å².